The van der Waals surface area contributed by atoms with Crippen molar-refractivity contribution in [3.63, 3.8) is 0 Å². The van der Waals surface area contributed by atoms with Gasteiger partial charge in [-0.2, -0.15) is 4.98 Å². The van der Waals surface area contributed by atoms with Crippen molar-refractivity contribution in [2.45, 2.75) is 45.1 Å². The van der Waals surface area contributed by atoms with E-state index in [1.807, 2.05) is 13.8 Å². The Kier molecular flexibility index (Phi) is 4.42. The van der Waals surface area contributed by atoms with Crippen LogP contribution in [0.3, 0.4) is 0 Å². The number of rotatable bonds is 5. The summed E-state index contributed by atoms with van der Waals surface area (Å²) in [4.78, 5) is 15.9. The lowest BCUT2D eigenvalue weighted by atomic mass is 10.2. The van der Waals surface area contributed by atoms with Crippen molar-refractivity contribution in [3.05, 3.63) is 11.7 Å². The van der Waals surface area contributed by atoms with E-state index in [-0.39, 0.29) is 35.8 Å². The summed E-state index contributed by atoms with van der Waals surface area (Å²) in [6.07, 6.45) is 1.08. The molecule has 1 N–H and O–H groups in total. The molecule has 1 aromatic rings. The molecule has 112 valence electrons. The standard InChI is InChI=1S/C12H19N3O4S/c1-8(2)12-14-11(19-15-12)4-3-10(16)13-9-5-6-20(17,18)7-9/h8-9H,3-7H2,1-2H3,(H,13,16)/t9-/m1/s1. The summed E-state index contributed by atoms with van der Waals surface area (Å²) >= 11 is 0. The van der Waals surface area contributed by atoms with Gasteiger partial charge in [0.1, 0.15) is 0 Å². The summed E-state index contributed by atoms with van der Waals surface area (Å²) in [7, 11) is -2.97. The molecule has 1 saturated heterocycles. The fourth-order valence-corrected chi connectivity index (χ4v) is 3.71. The van der Waals surface area contributed by atoms with Gasteiger partial charge in [-0.25, -0.2) is 8.42 Å². The number of hydrogen-bond donors (Lipinski definition) is 1. The van der Waals surface area contributed by atoms with Gasteiger partial charge in [0.05, 0.1) is 11.5 Å². The zero-order chi connectivity index (χ0) is 14.8. The predicted octanol–water partition coefficient (Wildman–Crippen LogP) is 0.429. The number of nitrogens with one attached hydrogen (secondary N) is 1. The summed E-state index contributed by atoms with van der Waals surface area (Å²) < 4.78 is 27.6. The Morgan fingerprint density at radius 3 is 2.80 bits per heavy atom. The molecular weight excluding hydrogens is 282 g/mol. The van der Waals surface area contributed by atoms with Crippen molar-refractivity contribution < 1.29 is 17.7 Å². The zero-order valence-electron chi connectivity index (χ0n) is 11.6. The smallest absolute Gasteiger partial charge is 0.227 e. The van der Waals surface area contributed by atoms with Crippen LogP contribution in [0.25, 0.3) is 0 Å². The highest BCUT2D eigenvalue weighted by atomic mass is 32.2. The first-order valence-corrected chi connectivity index (χ1v) is 8.50. The van der Waals surface area contributed by atoms with Crippen LogP contribution in [0.2, 0.25) is 0 Å². The van der Waals surface area contributed by atoms with E-state index < -0.39 is 9.84 Å². The van der Waals surface area contributed by atoms with Crippen LogP contribution in [0.5, 0.6) is 0 Å². The Morgan fingerprint density at radius 1 is 1.50 bits per heavy atom. The predicted molar refractivity (Wildman–Crippen MR) is 71.9 cm³/mol. The number of carbonyl (C=O) groups excluding carboxylic acids is 1. The second-order valence-corrected chi connectivity index (χ2v) is 7.60. The van der Waals surface area contributed by atoms with Crippen LogP contribution in [0, 0.1) is 0 Å². The molecule has 8 heteroatoms. The molecule has 1 aliphatic heterocycles. The first-order valence-electron chi connectivity index (χ1n) is 6.68. The van der Waals surface area contributed by atoms with E-state index in [2.05, 4.69) is 15.5 Å². The highest BCUT2D eigenvalue weighted by Crippen LogP contribution is 2.12. The molecule has 0 aromatic carbocycles. The highest BCUT2D eigenvalue weighted by molar-refractivity contribution is 7.91. The molecule has 2 heterocycles. The number of amides is 1. The molecule has 20 heavy (non-hydrogen) atoms. The minimum absolute atomic E-state index is 0.0385. The first kappa shape index (κ1) is 15.0. The van der Waals surface area contributed by atoms with E-state index in [0.717, 1.165) is 0 Å². The second-order valence-electron chi connectivity index (χ2n) is 5.37. The minimum atomic E-state index is -2.97. The van der Waals surface area contributed by atoms with Gasteiger partial charge in [0.15, 0.2) is 15.7 Å². The van der Waals surface area contributed by atoms with Crippen LogP contribution in [-0.2, 0) is 21.1 Å². The molecule has 0 bridgehead atoms. The molecule has 0 unspecified atom stereocenters. The molecule has 0 radical (unpaired) electrons. The molecule has 0 aliphatic carbocycles. The topological polar surface area (TPSA) is 102 Å². The van der Waals surface area contributed by atoms with E-state index >= 15 is 0 Å². The first-order chi connectivity index (χ1) is 9.35. The maximum absolute atomic E-state index is 11.7. The Labute approximate surface area is 118 Å². The van der Waals surface area contributed by atoms with Gasteiger partial charge in [0.25, 0.3) is 0 Å². The summed E-state index contributed by atoms with van der Waals surface area (Å²) in [6, 6.07) is -0.263. The average molecular weight is 301 g/mol. The molecule has 1 fully saturated rings. The molecule has 0 saturated carbocycles. The van der Waals surface area contributed by atoms with Crippen molar-refractivity contribution in [1.29, 1.82) is 0 Å². The quantitative estimate of drug-likeness (QED) is 0.846. The Morgan fingerprint density at radius 2 is 2.25 bits per heavy atom. The highest BCUT2D eigenvalue weighted by Gasteiger charge is 2.28. The number of aromatic nitrogens is 2. The third-order valence-corrected chi connectivity index (χ3v) is 4.93. The SMILES string of the molecule is CC(C)c1noc(CCC(=O)N[C@@H]2CCS(=O)(=O)C2)n1. The third-order valence-electron chi connectivity index (χ3n) is 3.16. The number of hydrogen-bond acceptors (Lipinski definition) is 6. The summed E-state index contributed by atoms with van der Waals surface area (Å²) in [6.45, 7) is 3.92. The van der Waals surface area contributed by atoms with Gasteiger partial charge in [-0.3, -0.25) is 4.79 Å². The fourth-order valence-electron chi connectivity index (χ4n) is 2.03. The minimum Gasteiger partial charge on any atom is -0.352 e. The average Bonchev–Trinajstić information content (AvgIpc) is 2.93. The van der Waals surface area contributed by atoms with Crippen LogP contribution in [0.1, 0.15) is 44.3 Å². The number of nitrogens with zero attached hydrogens (tertiary/aromatic N) is 2. The molecule has 1 aliphatic rings. The van der Waals surface area contributed by atoms with Crippen molar-refractivity contribution in [2.75, 3.05) is 11.5 Å². The molecule has 1 atom stereocenters. The molecule has 2 rings (SSSR count). The second kappa shape index (κ2) is 5.90. The zero-order valence-corrected chi connectivity index (χ0v) is 12.4. The van der Waals surface area contributed by atoms with Crippen LogP contribution in [-0.4, -0.2) is 42.0 Å². The van der Waals surface area contributed by atoms with Crippen molar-refractivity contribution in [3.8, 4) is 0 Å². The number of carbonyl (C=O) groups is 1. The molecule has 1 amide bonds. The van der Waals surface area contributed by atoms with Gasteiger partial charge in [0, 0.05) is 24.8 Å². The van der Waals surface area contributed by atoms with Crippen molar-refractivity contribution in [2.24, 2.45) is 0 Å². The molecular formula is C12H19N3O4S. The lowest BCUT2D eigenvalue weighted by molar-refractivity contribution is -0.121. The lowest BCUT2D eigenvalue weighted by Gasteiger charge is -2.09. The van der Waals surface area contributed by atoms with Crippen LogP contribution in [0.4, 0.5) is 0 Å². The van der Waals surface area contributed by atoms with Gasteiger partial charge >= 0.3 is 0 Å². The van der Waals surface area contributed by atoms with Gasteiger partial charge < -0.3 is 9.84 Å². The van der Waals surface area contributed by atoms with E-state index in [0.29, 0.717) is 24.6 Å². The van der Waals surface area contributed by atoms with Crippen LogP contribution in [0.15, 0.2) is 4.52 Å². The largest absolute Gasteiger partial charge is 0.352 e. The Hall–Kier alpha value is -1.44. The lowest BCUT2D eigenvalue weighted by Crippen LogP contribution is -2.35. The third kappa shape index (κ3) is 4.03. The number of aryl methyl sites for hydroxylation is 1. The van der Waals surface area contributed by atoms with Crippen LogP contribution >= 0.6 is 0 Å². The van der Waals surface area contributed by atoms with Gasteiger partial charge in [-0.15, -0.1) is 0 Å². The van der Waals surface area contributed by atoms with Crippen LogP contribution < -0.4 is 5.32 Å². The molecule has 1 aromatic heterocycles. The van der Waals surface area contributed by atoms with E-state index in [9.17, 15) is 13.2 Å². The van der Waals surface area contributed by atoms with Gasteiger partial charge in [-0.1, -0.05) is 19.0 Å². The van der Waals surface area contributed by atoms with E-state index in [1.54, 1.807) is 0 Å². The maximum Gasteiger partial charge on any atom is 0.227 e. The summed E-state index contributed by atoms with van der Waals surface area (Å²) in [5.74, 6) is 1.25. The molecule has 7 nitrogen and oxygen atoms in total. The fraction of sp³-hybridized carbons (Fsp3) is 0.750. The Balaban J connectivity index is 1.77. The Bertz CT molecular complexity index is 579. The normalized spacial score (nSPS) is 21.2. The number of sulfone groups is 1. The monoisotopic (exact) mass is 301 g/mol. The van der Waals surface area contributed by atoms with E-state index in [1.165, 1.54) is 0 Å². The van der Waals surface area contributed by atoms with Gasteiger partial charge in [0.2, 0.25) is 11.8 Å². The maximum atomic E-state index is 11.7. The van der Waals surface area contributed by atoms with E-state index in [4.69, 9.17) is 4.52 Å². The van der Waals surface area contributed by atoms with Crippen molar-refractivity contribution in [1.82, 2.24) is 15.5 Å². The van der Waals surface area contributed by atoms with Crippen molar-refractivity contribution >= 4 is 15.7 Å². The molecule has 0 spiro atoms. The summed E-state index contributed by atoms with van der Waals surface area (Å²) in [5.41, 5.74) is 0. The van der Waals surface area contributed by atoms with Gasteiger partial charge in [-0.05, 0) is 6.42 Å². The summed E-state index contributed by atoms with van der Waals surface area (Å²) in [5, 5.41) is 6.55.